The summed E-state index contributed by atoms with van der Waals surface area (Å²) in [5, 5.41) is 4.07. The molecule has 1 atom stereocenters. The summed E-state index contributed by atoms with van der Waals surface area (Å²) in [5.41, 5.74) is 2.19. The van der Waals surface area contributed by atoms with Crippen LogP contribution in [0.15, 0.2) is 54.6 Å². The second-order valence-corrected chi connectivity index (χ2v) is 7.53. The van der Waals surface area contributed by atoms with E-state index in [4.69, 9.17) is 0 Å². The van der Waals surface area contributed by atoms with Crippen molar-refractivity contribution < 1.29 is 4.79 Å². The number of anilines is 2. The Balaban J connectivity index is 1.35. The van der Waals surface area contributed by atoms with Gasteiger partial charge in [0.15, 0.2) is 5.13 Å². The van der Waals surface area contributed by atoms with Gasteiger partial charge in [-0.05, 0) is 31.2 Å². The summed E-state index contributed by atoms with van der Waals surface area (Å²) in [5.74, 6) is 0.136. The number of carbonyl (C=O) groups excluding carboxylic acids is 1. The molecule has 0 spiro atoms. The molecule has 134 valence electrons. The molecule has 1 amide bonds. The molecular weight excluding hydrogens is 344 g/mol. The molecule has 1 aromatic heterocycles. The van der Waals surface area contributed by atoms with Gasteiger partial charge in [-0.15, -0.1) is 0 Å². The third-order valence-electron chi connectivity index (χ3n) is 4.72. The van der Waals surface area contributed by atoms with Crippen LogP contribution in [0.25, 0.3) is 10.2 Å². The van der Waals surface area contributed by atoms with E-state index in [0.717, 1.165) is 41.5 Å². The van der Waals surface area contributed by atoms with Gasteiger partial charge in [0.25, 0.3) is 0 Å². The molecule has 1 aliphatic rings. The summed E-state index contributed by atoms with van der Waals surface area (Å²) in [6.07, 6.45) is 0. The van der Waals surface area contributed by atoms with Crippen molar-refractivity contribution in [2.75, 3.05) is 36.4 Å². The smallest absolute Gasteiger partial charge is 0.244 e. The Bertz CT molecular complexity index is 854. The average Bonchev–Trinajstić information content (AvgIpc) is 3.10. The van der Waals surface area contributed by atoms with Crippen LogP contribution in [0.4, 0.5) is 10.8 Å². The summed E-state index contributed by atoms with van der Waals surface area (Å²) in [6.45, 7) is 5.14. The minimum absolute atomic E-state index is 0.136. The first-order chi connectivity index (χ1) is 12.7. The summed E-state index contributed by atoms with van der Waals surface area (Å²) >= 11 is 1.59. The molecule has 0 saturated carbocycles. The molecule has 1 aliphatic heterocycles. The topological polar surface area (TPSA) is 48.5 Å². The first-order valence-corrected chi connectivity index (χ1v) is 9.73. The molecule has 1 fully saturated rings. The van der Waals surface area contributed by atoms with Crippen molar-refractivity contribution in [3.8, 4) is 0 Å². The van der Waals surface area contributed by atoms with E-state index in [-0.39, 0.29) is 11.9 Å². The number of hydrogen-bond donors (Lipinski definition) is 1. The van der Waals surface area contributed by atoms with Gasteiger partial charge in [-0.3, -0.25) is 4.79 Å². The van der Waals surface area contributed by atoms with E-state index in [9.17, 15) is 4.79 Å². The van der Waals surface area contributed by atoms with Crippen LogP contribution >= 0.6 is 11.3 Å². The summed E-state index contributed by atoms with van der Waals surface area (Å²) < 4.78 is 1.13. The van der Waals surface area contributed by atoms with Gasteiger partial charge in [-0.1, -0.05) is 41.7 Å². The number of aromatic nitrogens is 1. The molecule has 4 rings (SSSR count). The minimum Gasteiger partial charge on any atom is -0.368 e. The van der Waals surface area contributed by atoms with E-state index in [2.05, 4.69) is 39.5 Å². The van der Waals surface area contributed by atoms with E-state index in [1.54, 1.807) is 11.3 Å². The molecule has 5 nitrogen and oxygen atoms in total. The lowest BCUT2D eigenvalue weighted by molar-refractivity contribution is -0.131. The van der Waals surface area contributed by atoms with Crippen LogP contribution in [-0.4, -0.2) is 48.0 Å². The standard InChI is InChI=1S/C20H22N4OS/c1-15(21-20-22-17-9-5-6-10-18(17)26-20)19(25)24-13-11-23(12-14-24)16-7-3-2-4-8-16/h2-10,15H,11-14H2,1H3,(H,21,22). The van der Waals surface area contributed by atoms with E-state index >= 15 is 0 Å². The SMILES string of the molecule is CC(Nc1nc2ccccc2s1)C(=O)N1CCN(c2ccccc2)CC1. The lowest BCUT2D eigenvalue weighted by Gasteiger charge is -2.37. The fraction of sp³-hybridized carbons (Fsp3) is 0.300. The summed E-state index contributed by atoms with van der Waals surface area (Å²) in [6, 6.07) is 18.1. The van der Waals surface area contributed by atoms with Crippen molar-refractivity contribution in [2.45, 2.75) is 13.0 Å². The lowest BCUT2D eigenvalue weighted by Crippen LogP contribution is -2.52. The molecule has 0 aliphatic carbocycles. The Morgan fingerprint density at radius 1 is 1.04 bits per heavy atom. The van der Waals surface area contributed by atoms with Gasteiger partial charge in [-0.25, -0.2) is 4.98 Å². The molecule has 2 heterocycles. The predicted molar refractivity (Wildman–Crippen MR) is 108 cm³/mol. The molecule has 2 aromatic carbocycles. The normalized spacial score (nSPS) is 15.9. The number of amides is 1. The maximum atomic E-state index is 12.8. The van der Waals surface area contributed by atoms with Crippen LogP contribution < -0.4 is 10.2 Å². The molecule has 26 heavy (non-hydrogen) atoms. The fourth-order valence-electron chi connectivity index (χ4n) is 3.28. The zero-order valence-electron chi connectivity index (χ0n) is 14.8. The predicted octanol–water partition coefficient (Wildman–Crippen LogP) is 3.45. The molecule has 0 radical (unpaired) electrons. The summed E-state index contributed by atoms with van der Waals surface area (Å²) in [7, 11) is 0. The maximum absolute atomic E-state index is 12.8. The molecule has 1 saturated heterocycles. The number of para-hydroxylation sites is 2. The largest absolute Gasteiger partial charge is 0.368 e. The van der Waals surface area contributed by atoms with Gasteiger partial charge in [0.2, 0.25) is 5.91 Å². The van der Waals surface area contributed by atoms with Gasteiger partial charge in [0, 0.05) is 31.9 Å². The van der Waals surface area contributed by atoms with Gasteiger partial charge in [0.1, 0.15) is 6.04 Å². The zero-order chi connectivity index (χ0) is 17.9. The summed E-state index contributed by atoms with van der Waals surface area (Å²) in [4.78, 5) is 21.6. The number of fused-ring (bicyclic) bond motifs is 1. The average molecular weight is 366 g/mol. The maximum Gasteiger partial charge on any atom is 0.244 e. The highest BCUT2D eigenvalue weighted by molar-refractivity contribution is 7.22. The Morgan fingerprint density at radius 2 is 1.73 bits per heavy atom. The van der Waals surface area contributed by atoms with Crippen molar-refractivity contribution in [3.05, 3.63) is 54.6 Å². The van der Waals surface area contributed by atoms with E-state index in [1.165, 1.54) is 5.69 Å². The first kappa shape index (κ1) is 16.8. The van der Waals surface area contributed by atoms with Crippen LogP contribution in [0.2, 0.25) is 0 Å². The molecule has 6 heteroatoms. The Morgan fingerprint density at radius 3 is 2.46 bits per heavy atom. The van der Waals surface area contributed by atoms with Crippen molar-refractivity contribution in [3.63, 3.8) is 0 Å². The zero-order valence-corrected chi connectivity index (χ0v) is 15.6. The highest BCUT2D eigenvalue weighted by Gasteiger charge is 2.25. The van der Waals surface area contributed by atoms with E-state index in [1.807, 2.05) is 42.2 Å². The van der Waals surface area contributed by atoms with Crippen LogP contribution in [0.3, 0.4) is 0 Å². The number of piperazine rings is 1. The number of carbonyl (C=O) groups is 1. The lowest BCUT2D eigenvalue weighted by atomic mass is 10.2. The van der Waals surface area contributed by atoms with Crippen molar-refractivity contribution in [2.24, 2.45) is 0 Å². The molecular formula is C20H22N4OS. The monoisotopic (exact) mass is 366 g/mol. The third-order valence-corrected chi connectivity index (χ3v) is 5.68. The Kier molecular flexibility index (Phi) is 4.75. The third kappa shape index (κ3) is 3.51. The van der Waals surface area contributed by atoms with Crippen LogP contribution in [-0.2, 0) is 4.79 Å². The van der Waals surface area contributed by atoms with Gasteiger partial charge in [0.05, 0.1) is 10.2 Å². The number of nitrogens with zero attached hydrogens (tertiary/aromatic N) is 3. The van der Waals surface area contributed by atoms with Crippen LogP contribution in [0, 0.1) is 0 Å². The van der Waals surface area contributed by atoms with Crippen LogP contribution in [0.5, 0.6) is 0 Å². The van der Waals surface area contributed by atoms with Crippen molar-refractivity contribution in [1.82, 2.24) is 9.88 Å². The van der Waals surface area contributed by atoms with Gasteiger partial charge in [-0.2, -0.15) is 0 Å². The quantitative estimate of drug-likeness (QED) is 0.768. The highest BCUT2D eigenvalue weighted by atomic mass is 32.1. The van der Waals surface area contributed by atoms with E-state index in [0.29, 0.717) is 0 Å². The Labute approximate surface area is 157 Å². The second kappa shape index (κ2) is 7.33. The van der Waals surface area contributed by atoms with E-state index < -0.39 is 0 Å². The van der Waals surface area contributed by atoms with Gasteiger partial charge >= 0.3 is 0 Å². The number of rotatable bonds is 4. The number of nitrogens with one attached hydrogen (secondary N) is 1. The second-order valence-electron chi connectivity index (χ2n) is 6.50. The number of benzene rings is 2. The molecule has 3 aromatic rings. The molecule has 1 unspecified atom stereocenters. The first-order valence-electron chi connectivity index (χ1n) is 8.91. The molecule has 0 bridgehead atoms. The Hall–Kier alpha value is -2.60. The fourth-order valence-corrected chi connectivity index (χ4v) is 4.23. The minimum atomic E-state index is -0.279. The van der Waals surface area contributed by atoms with Crippen LogP contribution in [0.1, 0.15) is 6.92 Å². The number of thiazole rings is 1. The number of hydrogen-bond acceptors (Lipinski definition) is 5. The van der Waals surface area contributed by atoms with Crippen molar-refractivity contribution in [1.29, 1.82) is 0 Å². The van der Waals surface area contributed by atoms with Crippen molar-refractivity contribution >= 4 is 38.3 Å². The molecule has 1 N–H and O–H groups in total. The highest BCUT2D eigenvalue weighted by Crippen LogP contribution is 2.26. The van der Waals surface area contributed by atoms with Gasteiger partial charge < -0.3 is 15.1 Å².